The van der Waals surface area contributed by atoms with Crippen LogP contribution in [0.15, 0.2) is 58.6 Å². The highest BCUT2D eigenvalue weighted by Crippen LogP contribution is 2.35. The number of allylic oxidation sites excluding steroid dienone is 3. The molecule has 0 heterocycles. The van der Waals surface area contributed by atoms with Gasteiger partial charge in [0.2, 0.25) is 0 Å². The molecule has 0 unspecified atom stereocenters. The fourth-order valence-corrected chi connectivity index (χ4v) is 2.87. The molecule has 2 aromatic rings. The van der Waals surface area contributed by atoms with E-state index in [0.717, 1.165) is 15.6 Å². The molecule has 110 valence electrons. The number of hydrogen-bond acceptors (Lipinski definition) is 3. The van der Waals surface area contributed by atoms with E-state index in [0.29, 0.717) is 17.6 Å². The summed E-state index contributed by atoms with van der Waals surface area (Å²) in [5.74, 6) is -0.573. The molecule has 0 bridgehead atoms. The molecule has 3 nitrogen and oxygen atoms in total. The second kappa shape index (κ2) is 5.81. The van der Waals surface area contributed by atoms with Crippen LogP contribution in [0.1, 0.15) is 21.5 Å². The maximum atomic E-state index is 12.3. The van der Waals surface area contributed by atoms with Gasteiger partial charge < -0.3 is 10.2 Å². The van der Waals surface area contributed by atoms with Crippen LogP contribution in [0.4, 0.5) is 0 Å². The Kier molecular flexibility index (Phi) is 3.86. The van der Waals surface area contributed by atoms with Crippen molar-refractivity contribution in [1.29, 1.82) is 0 Å². The van der Waals surface area contributed by atoms with Crippen molar-refractivity contribution in [3.63, 3.8) is 0 Å². The molecule has 0 atom stereocenters. The number of ketones is 1. The Bertz CT molecular complexity index is 819. The lowest BCUT2D eigenvalue weighted by Gasteiger charge is -2.00. The summed E-state index contributed by atoms with van der Waals surface area (Å²) in [6, 6.07) is 10.6. The van der Waals surface area contributed by atoms with E-state index >= 15 is 0 Å². The standard InChI is InChI=1S/C18H13BrO3/c19-15-7-2-1-4-11(15)5-3-6-12-8-13-9-16(20)17(21)10-14(13)18(12)22/h1-7,9-10,20-21H,8H2/b5-3+,12-6+. The van der Waals surface area contributed by atoms with Gasteiger partial charge in [-0.2, -0.15) is 0 Å². The van der Waals surface area contributed by atoms with Gasteiger partial charge in [0.15, 0.2) is 17.3 Å². The average Bonchev–Trinajstić information content (AvgIpc) is 2.78. The van der Waals surface area contributed by atoms with Crippen molar-refractivity contribution < 1.29 is 15.0 Å². The van der Waals surface area contributed by atoms with Crippen molar-refractivity contribution in [1.82, 2.24) is 0 Å². The van der Waals surface area contributed by atoms with Crippen LogP contribution in [0.5, 0.6) is 11.5 Å². The third-order valence-electron chi connectivity index (χ3n) is 3.60. The Balaban J connectivity index is 1.86. The maximum absolute atomic E-state index is 12.3. The van der Waals surface area contributed by atoms with Gasteiger partial charge in [0.25, 0.3) is 0 Å². The Morgan fingerprint density at radius 2 is 1.82 bits per heavy atom. The zero-order chi connectivity index (χ0) is 15.7. The van der Waals surface area contributed by atoms with Crippen LogP contribution in [-0.4, -0.2) is 16.0 Å². The molecule has 0 aliphatic heterocycles. The number of rotatable bonds is 2. The first-order valence-electron chi connectivity index (χ1n) is 6.77. The zero-order valence-corrected chi connectivity index (χ0v) is 13.2. The lowest BCUT2D eigenvalue weighted by atomic mass is 10.1. The highest BCUT2D eigenvalue weighted by molar-refractivity contribution is 9.10. The van der Waals surface area contributed by atoms with Gasteiger partial charge in [-0.1, -0.05) is 52.4 Å². The molecule has 0 saturated heterocycles. The predicted molar refractivity (Wildman–Crippen MR) is 89.1 cm³/mol. The van der Waals surface area contributed by atoms with Crippen LogP contribution in [0.3, 0.4) is 0 Å². The van der Waals surface area contributed by atoms with Crippen molar-refractivity contribution >= 4 is 27.8 Å². The molecule has 0 fully saturated rings. The van der Waals surface area contributed by atoms with Crippen LogP contribution in [0.2, 0.25) is 0 Å². The van der Waals surface area contributed by atoms with Crippen molar-refractivity contribution in [3.05, 3.63) is 75.3 Å². The van der Waals surface area contributed by atoms with E-state index in [1.54, 1.807) is 6.08 Å². The number of halogens is 1. The molecule has 1 aliphatic rings. The number of Topliss-reactive ketones (excluding diaryl/α,β-unsaturated/α-hetero) is 1. The van der Waals surface area contributed by atoms with E-state index in [1.165, 1.54) is 12.1 Å². The Hall–Kier alpha value is -2.33. The second-order valence-electron chi connectivity index (χ2n) is 5.08. The SMILES string of the molecule is O=C1/C(=C/C=C/c2ccccc2Br)Cc2cc(O)c(O)cc21. The van der Waals surface area contributed by atoms with E-state index in [1.807, 2.05) is 36.4 Å². The maximum Gasteiger partial charge on any atom is 0.189 e. The molecule has 22 heavy (non-hydrogen) atoms. The van der Waals surface area contributed by atoms with Crippen LogP contribution in [0.25, 0.3) is 6.08 Å². The van der Waals surface area contributed by atoms with Crippen molar-refractivity contribution in [2.75, 3.05) is 0 Å². The van der Waals surface area contributed by atoms with Crippen molar-refractivity contribution in [2.45, 2.75) is 6.42 Å². The Labute approximate surface area is 136 Å². The van der Waals surface area contributed by atoms with E-state index in [9.17, 15) is 15.0 Å². The normalized spacial score (nSPS) is 15.7. The number of phenols is 2. The van der Waals surface area contributed by atoms with Crippen molar-refractivity contribution in [3.8, 4) is 11.5 Å². The molecule has 2 N–H and O–H groups in total. The predicted octanol–water partition coefficient (Wildman–Crippen LogP) is 4.24. The monoisotopic (exact) mass is 356 g/mol. The molecule has 2 aromatic carbocycles. The van der Waals surface area contributed by atoms with Gasteiger partial charge in [-0.05, 0) is 29.3 Å². The van der Waals surface area contributed by atoms with Gasteiger partial charge in [0.1, 0.15) is 0 Å². The number of fused-ring (bicyclic) bond motifs is 1. The second-order valence-corrected chi connectivity index (χ2v) is 5.93. The molecule has 1 aliphatic carbocycles. The third-order valence-corrected chi connectivity index (χ3v) is 4.32. The Morgan fingerprint density at radius 3 is 2.59 bits per heavy atom. The lowest BCUT2D eigenvalue weighted by Crippen LogP contribution is -1.94. The number of hydrogen-bond donors (Lipinski definition) is 2. The summed E-state index contributed by atoms with van der Waals surface area (Å²) >= 11 is 3.47. The molecular formula is C18H13BrO3. The Morgan fingerprint density at radius 1 is 1.09 bits per heavy atom. The van der Waals surface area contributed by atoms with Gasteiger partial charge >= 0.3 is 0 Å². The van der Waals surface area contributed by atoms with E-state index < -0.39 is 0 Å². The van der Waals surface area contributed by atoms with Crippen LogP contribution in [0, 0.1) is 0 Å². The third kappa shape index (κ3) is 2.70. The van der Waals surface area contributed by atoms with E-state index in [4.69, 9.17) is 0 Å². The molecule has 4 heteroatoms. The lowest BCUT2D eigenvalue weighted by molar-refractivity contribution is 0.103. The first-order valence-corrected chi connectivity index (χ1v) is 7.57. The number of carbonyl (C=O) groups is 1. The summed E-state index contributed by atoms with van der Waals surface area (Å²) in [5, 5.41) is 19.0. The van der Waals surface area contributed by atoms with E-state index in [2.05, 4.69) is 15.9 Å². The minimum Gasteiger partial charge on any atom is -0.504 e. The van der Waals surface area contributed by atoms with Gasteiger partial charge in [-0.3, -0.25) is 4.79 Å². The molecule has 0 aromatic heterocycles. The van der Waals surface area contributed by atoms with E-state index in [-0.39, 0.29) is 17.3 Å². The summed E-state index contributed by atoms with van der Waals surface area (Å²) in [6.45, 7) is 0. The molecule has 0 radical (unpaired) electrons. The number of phenolic OH excluding ortho intramolecular Hbond substituents is 2. The number of benzene rings is 2. The van der Waals surface area contributed by atoms with Crippen LogP contribution >= 0.6 is 15.9 Å². The highest BCUT2D eigenvalue weighted by Gasteiger charge is 2.25. The van der Waals surface area contributed by atoms with Crippen LogP contribution < -0.4 is 0 Å². The molecule has 3 rings (SSSR count). The molecule has 0 amide bonds. The summed E-state index contributed by atoms with van der Waals surface area (Å²) in [5.41, 5.74) is 2.86. The summed E-state index contributed by atoms with van der Waals surface area (Å²) < 4.78 is 0.987. The highest BCUT2D eigenvalue weighted by atomic mass is 79.9. The summed E-state index contributed by atoms with van der Waals surface area (Å²) in [6.07, 6.45) is 5.99. The minimum absolute atomic E-state index is 0.109. The summed E-state index contributed by atoms with van der Waals surface area (Å²) in [4.78, 5) is 12.3. The van der Waals surface area contributed by atoms with Crippen molar-refractivity contribution in [2.24, 2.45) is 0 Å². The summed E-state index contributed by atoms with van der Waals surface area (Å²) in [7, 11) is 0. The van der Waals surface area contributed by atoms with Gasteiger partial charge in [-0.15, -0.1) is 0 Å². The van der Waals surface area contributed by atoms with Gasteiger partial charge in [-0.25, -0.2) is 0 Å². The fourth-order valence-electron chi connectivity index (χ4n) is 2.45. The zero-order valence-electron chi connectivity index (χ0n) is 11.6. The van der Waals surface area contributed by atoms with Crippen LogP contribution in [-0.2, 0) is 6.42 Å². The molecule has 0 saturated carbocycles. The largest absolute Gasteiger partial charge is 0.504 e. The number of carbonyl (C=O) groups excluding carboxylic acids is 1. The smallest absolute Gasteiger partial charge is 0.189 e. The first-order chi connectivity index (χ1) is 10.6. The first kappa shape index (κ1) is 14.6. The molecule has 0 spiro atoms. The molecular weight excluding hydrogens is 344 g/mol. The minimum atomic E-state index is -0.267. The fraction of sp³-hybridized carbons (Fsp3) is 0.0556. The van der Waals surface area contributed by atoms with Gasteiger partial charge in [0.05, 0.1) is 0 Å². The average molecular weight is 357 g/mol. The topological polar surface area (TPSA) is 57.5 Å². The van der Waals surface area contributed by atoms with Gasteiger partial charge in [0, 0.05) is 22.0 Å². The number of aromatic hydroxyl groups is 2. The quantitative estimate of drug-likeness (QED) is 0.624.